The van der Waals surface area contributed by atoms with Crippen molar-refractivity contribution in [2.45, 2.75) is 31.2 Å². The smallest absolute Gasteiger partial charge is 0.280 e. The highest BCUT2D eigenvalue weighted by Gasteiger charge is 2.22. The number of allylic oxidation sites excluding steroid dienone is 1. The summed E-state index contributed by atoms with van der Waals surface area (Å²) in [6.45, 7) is 1.32. The minimum absolute atomic E-state index is 0.166. The van der Waals surface area contributed by atoms with Gasteiger partial charge in [0.15, 0.2) is 5.50 Å². The summed E-state index contributed by atoms with van der Waals surface area (Å²) in [7, 11) is 1.49. The Morgan fingerprint density at radius 1 is 1.11 bits per heavy atom. The Labute approximate surface area is 207 Å². The lowest BCUT2D eigenvalue weighted by atomic mass is 10.0. The number of ether oxygens (including phenoxy) is 2. The molecule has 1 aliphatic carbocycles. The average Bonchev–Trinajstić information content (AvgIpc) is 3.35. The number of aromatic nitrogens is 2. The summed E-state index contributed by atoms with van der Waals surface area (Å²) in [6, 6.07) is 3.14. The average molecular weight is 495 g/mol. The van der Waals surface area contributed by atoms with Crippen LogP contribution in [0.3, 0.4) is 0 Å². The van der Waals surface area contributed by atoms with E-state index in [0.29, 0.717) is 47.4 Å². The molecule has 0 amide bonds. The maximum atomic E-state index is 13.5. The molecule has 0 spiro atoms. The highest BCUT2D eigenvalue weighted by Crippen LogP contribution is 2.38. The van der Waals surface area contributed by atoms with Crippen molar-refractivity contribution in [1.82, 2.24) is 15.3 Å². The topological polar surface area (TPSA) is 68.3 Å². The van der Waals surface area contributed by atoms with E-state index in [4.69, 9.17) is 9.47 Å². The van der Waals surface area contributed by atoms with Crippen molar-refractivity contribution in [3.63, 3.8) is 0 Å². The second-order valence-corrected chi connectivity index (χ2v) is 9.56. The summed E-state index contributed by atoms with van der Waals surface area (Å²) in [6.07, 6.45) is 5.40. The van der Waals surface area contributed by atoms with Crippen LogP contribution in [0, 0.1) is 35.5 Å². The molecule has 2 N–H and O–H groups in total. The first kappa shape index (κ1) is 23.5. The van der Waals surface area contributed by atoms with Gasteiger partial charge in [0, 0.05) is 35.8 Å². The van der Waals surface area contributed by atoms with Crippen LogP contribution in [0.4, 0.5) is 14.5 Å². The molecule has 0 radical (unpaired) electrons. The van der Waals surface area contributed by atoms with Crippen LogP contribution in [0.1, 0.15) is 37.1 Å². The van der Waals surface area contributed by atoms with Gasteiger partial charge in [0.05, 0.1) is 36.7 Å². The van der Waals surface area contributed by atoms with Gasteiger partial charge in [0.25, 0.3) is 6.43 Å². The zero-order chi connectivity index (χ0) is 24.2. The third-order valence-electron chi connectivity index (χ3n) is 5.73. The van der Waals surface area contributed by atoms with Gasteiger partial charge in [-0.15, -0.1) is 0 Å². The highest BCUT2D eigenvalue weighted by atomic mass is 32.2. The zero-order valence-corrected chi connectivity index (χ0v) is 19.9. The summed E-state index contributed by atoms with van der Waals surface area (Å²) in [5.41, 5.74) is 1.81. The summed E-state index contributed by atoms with van der Waals surface area (Å²) < 4.78 is 37.8. The van der Waals surface area contributed by atoms with Crippen molar-refractivity contribution in [1.29, 1.82) is 0 Å². The maximum Gasteiger partial charge on any atom is 0.280 e. The monoisotopic (exact) mass is 494 g/mol. The Morgan fingerprint density at radius 2 is 1.97 bits per heavy atom. The minimum Gasteiger partial charge on any atom is -0.494 e. The van der Waals surface area contributed by atoms with E-state index >= 15 is 0 Å². The quantitative estimate of drug-likeness (QED) is 0.581. The minimum atomic E-state index is -2.71. The molecular formula is C26H24F2N4O2S. The number of nitrogens with zero attached hydrogens (tertiary/aromatic N) is 2. The molecule has 9 heteroatoms. The Kier molecular flexibility index (Phi) is 7.08. The zero-order valence-electron chi connectivity index (χ0n) is 19.1. The summed E-state index contributed by atoms with van der Waals surface area (Å²) in [4.78, 5) is 9.29. The molecule has 6 nitrogen and oxygen atoms in total. The molecule has 2 fully saturated rings. The molecule has 2 aromatic heterocycles. The first-order valence-electron chi connectivity index (χ1n) is 11.4. The van der Waals surface area contributed by atoms with Crippen LogP contribution >= 0.6 is 11.8 Å². The van der Waals surface area contributed by atoms with Gasteiger partial charge in [0.1, 0.15) is 17.1 Å². The number of thioether (sulfide) groups is 1. The first-order chi connectivity index (χ1) is 17.1. The molecule has 2 aromatic rings. The molecule has 180 valence electrons. The van der Waals surface area contributed by atoms with E-state index in [-0.39, 0.29) is 17.1 Å². The Morgan fingerprint density at radius 3 is 2.71 bits per heavy atom. The van der Waals surface area contributed by atoms with Crippen LogP contribution in [0.25, 0.3) is 11.1 Å². The van der Waals surface area contributed by atoms with Crippen molar-refractivity contribution < 1.29 is 18.3 Å². The number of anilines is 1. The van der Waals surface area contributed by atoms with E-state index in [1.165, 1.54) is 32.2 Å². The predicted octanol–water partition coefficient (Wildman–Crippen LogP) is 4.76. The molecule has 3 aliphatic rings. The molecule has 0 aromatic carbocycles. The van der Waals surface area contributed by atoms with Crippen molar-refractivity contribution >= 4 is 17.4 Å². The van der Waals surface area contributed by atoms with Gasteiger partial charge < -0.3 is 20.1 Å². The third-order valence-corrected chi connectivity index (χ3v) is 6.70. The predicted molar refractivity (Wildman–Crippen MR) is 132 cm³/mol. The Bertz CT molecular complexity index is 1250. The summed E-state index contributed by atoms with van der Waals surface area (Å²) in [5.74, 6) is 13.8. The molecule has 2 aliphatic heterocycles. The lowest BCUT2D eigenvalue weighted by Crippen LogP contribution is -2.26. The van der Waals surface area contributed by atoms with Gasteiger partial charge in [-0.1, -0.05) is 29.5 Å². The molecule has 0 bridgehead atoms. The number of nitrogens with one attached hydrogen (secondary N) is 2. The van der Waals surface area contributed by atoms with Gasteiger partial charge in [-0.2, -0.15) is 0 Å². The van der Waals surface area contributed by atoms with Crippen molar-refractivity contribution in [3.05, 3.63) is 47.0 Å². The van der Waals surface area contributed by atoms with Gasteiger partial charge in [-0.05, 0) is 37.3 Å². The number of hydrogen-bond donors (Lipinski definition) is 2. The number of halogens is 2. The largest absolute Gasteiger partial charge is 0.494 e. The van der Waals surface area contributed by atoms with E-state index in [1.807, 2.05) is 6.20 Å². The van der Waals surface area contributed by atoms with Crippen molar-refractivity contribution in [2.24, 2.45) is 11.8 Å². The third kappa shape index (κ3) is 5.87. The van der Waals surface area contributed by atoms with E-state index in [9.17, 15) is 8.78 Å². The number of methoxy groups -OCH3 is 1. The molecule has 1 saturated heterocycles. The van der Waals surface area contributed by atoms with Crippen molar-refractivity contribution in [2.75, 3.05) is 25.6 Å². The molecule has 4 heterocycles. The van der Waals surface area contributed by atoms with E-state index in [0.717, 1.165) is 11.3 Å². The molecule has 5 rings (SSSR count). The highest BCUT2D eigenvalue weighted by molar-refractivity contribution is 8.04. The van der Waals surface area contributed by atoms with Gasteiger partial charge in [-0.3, -0.25) is 4.98 Å². The van der Waals surface area contributed by atoms with E-state index in [1.54, 1.807) is 24.0 Å². The van der Waals surface area contributed by atoms with Crippen LogP contribution in [0.2, 0.25) is 0 Å². The van der Waals surface area contributed by atoms with E-state index in [2.05, 4.69) is 44.3 Å². The van der Waals surface area contributed by atoms with Crippen LogP contribution in [0.15, 0.2) is 35.6 Å². The standard InChI is InChI=1S/C26H24F2N4O2S/c1-33-24-14-30-22(25(27)28)11-21(24)20-10-18(6-4-17-8-9-34-15-17)29-13-23(20)32-26-31-12-19(35-26)7-5-16-2-3-16/h10-14,16-17,25-26,31-32H,2-3,8-9,15H2,1H3. The second kappa shape index (κ2) is 10.6. The molecule has 1 saturated carbocycles. The Hall–Kier alpha value is -3.27. The van der Waals surface area contributed by atoms with Crippen molar-refractivity contribution in [3.8, 4) is 40.6 Å². The fraction of sp³-hybridized carbons (Fsp3) is 0.385. The molecule has 35 heavy (non-hydrogen) atoms. The SMILES string of the molecule is COc1cnc(C(F)F)cc1-c1cc(C#CC2CCOC2)ncc1NC1NC=C(C#CC2CC2)S1. The fourth-order valence-electron chi connectivity index (χ4n) is 3.66. The summed E-state index contributed by atoms with van der Waals surface area (Å²) >= 11 is 1.56. The number of rotatable bonds is 5. The van der Waals surface area contributed by atoms with Gasteiger partial charge in [-0.25, -0.2) is 13.8 Å². The lowest BCUT2D eigenvalue weighted by Gasteiger charge is -2.19. The van der Waals surface area contributed by atoms with Crippen LogP contribution < -0.4 is 15.4 Å². The summed E-state index contributed by atoms with van der Waals surface area (Å²) in [5, 5.41) is 6.67. The number of hydrogen-bond acceptors (Lipinski definition) is 7. The maximum absolute atomic E-state index is 13.5. The molecule has 2 unspecified atom stereocenters. The first-order valence-corrected chi connectivity index (χ1v) is 12.3. The Balaban J connectivity index is 1.46. The van der Waals surface area contributed by atoms with Crippen LogP contribution in [-0.2, 0) is 4.74 Å². The van der Waals surface area contributed by atoms with E-state index < -0.39 is 6.43 Å². The normalized spacial score (nSPS) is 20.9. The van der Waals surface area contributed by atoms with Gasteiger partial charge >= 0.3 is 0 Å². The van der Waals surface area contributed by atoms with Crippen LogP contribution in [-0.4, -0.2) is 35.8 Å². The fourth-order valence-corrected chi connectivity index (χ4v) is 4.49. The second-order valence-electron chi connectivity index (χ2n) is 8.42. The molecular weight excluding hydrogens is 470 g/mol. The van der Waals surface area contributed by atoms with Gasteiger partial charge in [0.2, 0.25) is 0 Å². The lowest BCUT2D eigenvalue weighted by molar-refractivity contribution is 0.146. The number of alkyl halides is 2. The number of pyridine rings is 2. The molecule has 2 atom stereocenters. The van der Waals surface area contributed by atoms with Crippen LogP contribution in [0.5, 0.6) is 5.75 Å².